The van der Waals surface area contributed by atoms with Gasteiger partial charge in [0.15, 0.2) is 0 Å². The molecule has 0 aliphatic carbocycles. The second-order valence-corrected chi connectivity index (χ2v) is 4.73. The van der Waals surface area contributed by atoms with Gasteiger partial charge in [0.05, 0.1) is 12.5 Å². The maximum atomic E-state index is 12.4. The fraction of sp³-hybridized carbons (Fsp3) is 0.214. The number of rotatable bonds is 2. The lowest BCUT2D eigenvalue weighted by molar-refractivity contribution is -0.142. The number of carboxylic acid groups (broad SMARTS) is 1. The van der Waals surface area contributed by atoms with E-state index >= 15 is 0 Å². The fourth-order valence-electron chi connectivity index (χ4n) is 2.48. The number of imidazole rings is 1. The summed E-state index contributed by atoms with van der Waals surface area (Å²) in [5, 5.41) is 9.36. The van der Waals surface area contributed by atoms with Gasteiger partial charge in [-0.05, 0) is 11.1 Å². The van der Waals surface area contributed by atoms with Crippen molar-refractivity contribution in [2.75, 3.05) is 0 Å². The van der Waals surface area contributed by atoms with Gasteiger partial charge >= 0.3 is 5.97 Å². The summed E-state index contributed by atoms with van der Waals surface area (Å²) in [4.78, 5) is 31.7. The number of fused-ring (bicyclic) bond motifs is 1. The Balaban J connectivity index is 1.96. The molecule has 1 aliphatic heterocycles. The standard InChI is InChI=1S/C14H13N3O3/c18-13(11-6-15-8-16-11)17-7-10-4-2-1-3-9(10)5-12(17)14(19)20/h1-4,6,8,12H,5,7H2,(H,15,16)(H,19,20). The molecule has 0 spiro atoms. The lowest BCUT2D eigenvalue weighted by Gasteiger charge is -2.34. The molecule has 102 valence electrons. The van der Waals surface area contributed by atoms with Crippen molar-refractivity contribution in [3.8, 4) is 0 Å². The number of carboxylic acids is 1. The summed E-state index contributed by atoms with van der Waals surface area (Å²) in [6.45, 7) is 0.297. The minimum atomic E-state index is -0.993. The van der Waals surface area contributed by atoms with Crippen molar-refractivity contribution in [3.05, 3.63) is 53.6 Å². The van der Waals surface area contributed by atoms with Crippen molar-refractivity contribution < 1.29 is 14.7 Å². The Morgan fingerprint density at radius 1 is 1.30 bits per heavy atom. The number of amides is 1. The molecule has 1 aromatic carbocycles. The molecule has 2 aromatic rings. The summed E-state index contributed by atoms with van der Waals surface area (Å²) in [5.41, 5.74) is 2.27. The first-order chi connectivity index (χ1) is 9.66. The molecule has 1 aromatic heterocycles. The number of carbonyl (C=O) groups excluding carboxylic acids is 1. The first-order valence-electron chi connectivity index (χ1n) is 6.26. The van der Waals surface area contributed by atoms with Crippen LogP contribution in [0.1, 0.15) is 21.6 Å². The normalized spacial score (nSPS) is 17.6. The summed E-state index contributed by atoms with van der Waals surface area (Å²) in [5.74, 6) is -1.34. The number of carbonyl (C=O) groups is 2. The Morgan fingerprint density at radius 3 is 2.70 bits per heavy atom. The van der Waals surface area contributed by atoms with Gasteiger partial charge in [0.1, 0.15) is 11.7 Å². The molecule has 1 unspecified atom stereocenters. The summed E-state index contributed by atoms with van der Waals surface area (Å²) < 4.78 is 0. The zero-order valence-electron chi connectivity index (χ0n) is 10.6. The highest BCUT2D eigenvalue weighted by molar-refractivity contribution is 5.95. The molecular formula is C14H13N3O3. The van der Waals surface area contributed by atoms with Gasteiger partial charge in [0, 0.05) is 13.0 Å². The molecule has 0 radical (unpaired) electrons. The molecule has 1 aliphatic rings. The average molecular weight is 271 g/mol. The number of hydrogen-bond donors (Lipinski definition) is 2. The maximum absolute atomic E-state index is 12.4. The van der Waals surface area contributed by atoms with Crippen molar-refractivity contribution in [1.29, 1.82) is 0 Å². The summed E-state index contributed by atoms with van der Waals surface area (Å²) >= 11 is 0. The van der Waals surface area contributed by atoms with E-state index in [1.165, 1.54) is 17.4 Å². The zero-order valence-corrected chi connectivity index (χ0v) is 10.6. The number of H-pyrrole nitrogens is 1. The zero-order chi connectivity index (χ0) is 14.1. The van der Waals surface area contributed by atoms with Crippen LogP contribution in [0.2, 0.25) is 0 Å². The summed E-state index contributed by atoms with van der Waals surface area (Å²) in [6.07, 6.45) is 3.13. The van der Waals surface area contributed by atoms with E-state index in [1.807, 2.05) is 24.3 Å². The second kappa shape index (κ2) is 4.80. The molecule has 20 heavy (non-hydrogen) atoms. The van der Waals surface area contributed by atoms with Crippen LogP contribution < -0.4 is 0 Å². The molecule has 0 fully saturated rings. The van der Waals surface area contributed by atoms with Gasteiger partial charge in [-0.15, -0.1) is 0 Å². The first-order valence-corrected chi connectivity index (χ1v) is 6.26. The van der Waals surface area contributed by atoms with E-state index in [2.05, 4.69) is 9.97 Å². The van der Waals surface area contributed by atoms with Gasteiger partial charge < -0.3 is 15.0 Å². The Bertz CT molecular complexity index is 651. The number of hydrogen-bond acceptors (Lipinski definition) is 3. The van der Waals surface area contributed by atoms with E-state index in [0.29, 0.717) is 18.7 Å². The van der Waals surface area contributed by atoms with Crippen molar-refractivity contribution in [2.45, 2.75) is 19.0 Å². The van der Waals surface area contributed by atoms with Crippen molar-refractivity contribution in [3.63, 3.8) is 0 Å². The Labute approximate surface area is 115 Å². The van der Waals surface area contributed by atoms with E-state index in [0.717, 1.165) is 11.1 Å². The number of aromatic amines is 1. The fourth-order valence-corrected chi connectivity index (χ4v) is 2.48. The predicted molar refractivity (Wildman–Crippen MR) is 70.0 cm³/mol. The summed E-state index contributed by atoms with van der Waals surface area (Å²) in [6, 6.07) is 6.74. The molecule has 0 saturated heterocycles. The molecule has 3 rings (SSSR count). The van der Waals surface area contributed by atoms with E-state index in [-0.39, 0.29) is 5.91 Å². The minimum absolute atomic E-state index is 0.297. The van der Waals surface area contributed by atoms with Gasteiger partial charge in [0.2, 0.25) is 0 Å². The smallest absolute Gasteiger partial charge is 0.326 e. The molecule has 6 heteroatoms. The first kappa shape index (κ1) is 12.4. The lowest BCUT2D eigenvalue weighted by atomic mass is 9.94. The molecule has 0 saturated carbocycles. The average Bonchev–Trinajstić information content (AvgIpc) is 2.99. The van der Waals surface area contributed by atoms with Crippen LogP contribution in [0, 0.1) is 0 Å². The van der Waals surface area contributed by atoms with Crippen LogP contribution >= 0.6 is 0 Å². The van der Waals surface area contributed by atoms with Crippen LogP contribution in [0.3, 0.4) is 0 Å². The van der Waals surface area contributed by atoms with E-state index in [4.69, 9.17) is 0 Å². The van der Waals surface area contributed by atoms with Crippen LogP contribution in [-0.4, -0.2) is 37.9 Å². The molecule has 1 atom stereocenters. The highest BCUT2D eigenvalue weighted by Gasteiger charge is 2.35. The third-order valence-corrected chi connectivity index (χ3v) is 3.52. The van der Waals surface area contributed by atoms with E-state index in [1.54, 1.807) is 0 Å². The Hall–Kier alpha value is -2.63. The number of nitrogens with one attached hydrogen (secondary N) is 1. The lowest BCUT2D eigenvalue weighted by Crippen LogP contribution is -2.48. The minimum Gasteiger partial charge on any atom is -0.480 e. The number of aromatic nitrogens is 2. The molecule has 2 heterocycles. The Morgan fingerprint density at radius 2 is 2.05 bits per heavy atom. The third-order valence-electron chi connectivity index (χ3n) is 3.52. The topological polar surface area (TPSA) is 86.3 Å². The quantitative estimate of drug-likeness (QED) is 0.855. The van der Waals surface area contributed by atoms with Crippen molar-refractivity contribution in [1.82, 2.24) is 14.9 Å². The second-order valence-electron chi connectivity index (χ2n) is 4.73. The van der Waals surface area contributed by atoms with Crippen molar-refractivity contribution >= 4 is 11.9 Å². The largest absolute Gasteiger partial charge is 0.480 e. The molecular weight excluding hydrogens is 258 g/mol. The molecule has 1 amide bonds. The van der Waals surface area contributed by atoms with Gasteiger partial charge in [-0.1, -0.05) is 24.3 Å². The molecule has 2 N–H and O–H groups in total. The van der Waals surface area contributed by atoms with Gasteiger partial charge in [-0.2, -0.15) is 0 Å². The number of aliphatic carboxylic acids is 1. The van der Waals surface area contributed by atoms with Crippen LogP contribution in [0.15, 0.2) is 36.8 Å². The third kappa shape index (κ3) is 2.05. The Kier molecular flexibility index (Phi) is 2.98. The summed E-state index contributed by atoms with van der Waals surface area (Å²) in [7, 11) is 0. The van der Waals surface area contributed by atoms with Gasteiger partial charge in [-0.3, -0.25) is 4.79 Å². The molecule has 6 nitrogen and oxygen atoms in total. The predicted octanol–water partition coefficient (Wildman–Crippen LogP) is 1.06. The van der Waals surface area contributed by atoms with E-state index in [9.17, 15) is 14.7 Å². The van der Waals surface area contributed by atoms with Crippen LogP contribution in [0.25, 0.3) is 0 Å². The monoisotopic (exact) mass is 271 g/mol. The van der Waals surface area contributed by atoms with Crippen LogP contribution in [0.5, 0.6) is 0 Å². The maximum Gasteiger partial charge on any atom is 0.326 e. The number of nitrogens with zero attached hydrogens (tertiary/aromatic N) is 2. The van der Waals surface area contributed by atoms with Crippen molar-refractivity contribution in [2.24, 2.45) is 0 Å². The SMILES string of the molecule is O=C(O)C1Cc2ccccc2CN1C(=O)c1cnc[nH]1. The van der Waals surface area contributed by atoms with Gasteiger partial charge in [0.25, 0.3) is 5.91 Å². The van der Waals surface area contributed by atoms with Gasteiger partial charge in [-0.25, -0.2) is 9.78 Å². The highest BCUT2D eigenvalue weighted by Crippen LogP contribution is 2.24. The number of benzene rings is 1. The highest BCUT2D eigenvalue weighted by atomic mass is 16.4. The van der Waals surface area contributed by atoms with E-state index < -0.39 is 12.0 Å². The molecule has 0 bridgehead atoms. The van der Waals surface area contributed by atoms with Crippen LogP contribution in [-0.2, 0) is 17.8 Å². The van der Waals surface area contributed by atoms with Crippen LogP contribution in [0.4, 0.5) is 0 Å².